The molecule has 3 amide bonds. The Hall–Kier alpha value is -4.06. The van der Waals surface area contributed by atoms with Crippen LogP contribution in [0.15, 0.2) is 53.5 Å². The Balaban J connectivity index is 1.42. The number of aromatic nitrogens is 2. The Morgan fingerprint density at radius 3 is 2.79 bits per heavy atom. The fourth-order valence-electron chi connectivity index (χ4n) is 4.10. The Labute approximate surface area is 222 Å². The Bertz CT molecular complexity index is 1410. The number of methoxy groups -OCH3 is 1. The van der Waals surface area contributed by atoms with E-state index in [1.807, 2.05) is 0 Å². The average Bonchev–Trinajstić information content (AvgIpc) is 3.57. The lowest BCUT2D eigenvalue weighted by molar-refractivity contribution is -0.125. The predicted molar refractivity (Wildman–Crippen MR) is 142 cm³/mol. The summed E-state index contributed by atoms with van der Waals surface area (Å²) in [4.78, 5) is 56.2. The van der Waals surface area contributed by atoms with E-state index in [1.54, 1.807) is 29.3 Å². The number of halogens is 1. The number of hydrogen-bond donors (Lipinski definition) is 2. The van der Waals surface area contributed by atoms with Gasteiger partial charge in [-0.05, 0) is 56.0 Å². The molecule has 2 aromatic heterocycles. The number of thiazole rings is 1. The molecule has 3 heterocycles. The van der Waals surface area contributed by atoms with Crippen LogP contribution in [0.3, 0.4) is 0 Å². The highest BCUT2D eigenvalue weighted by atomic mass is 32.1. The lowest BCUT2D eigenvalue weighted by Gasteiger charge is -2.17. The maximum absolute atomic E-state index is 13.5. The first-order chi connectivity index (χ1) is 18.3. The third kappa shape index (κ3) is 6.82. The minimum absolute atomic E-state index is 0.0288. The normalized spacial score (nSPS) is 14.1. The largest absolute Gasteiger partial charge is 0.453 e. The second kappa shape index (κ2) is 12.5. The molecule has 0 bridgehead atoms. The van der Waals surface area contributed by atoms with Crippen molar-refractivity contribution in [1.29, 1.82) is 0 Å². The summed E-state index contributed by atoms with van der Waals surface area (Å²) in [5.74, 6) is -1.06. The van der Waals surface area contributed by atoms with Gasteiger partial charge in [0, 0.05) is 25.4 Å². The maximum atomic E-state index is 13.5. The van der Waals surface area contributed by atoms with Gasteiger partial charge in [-0.3, -0.25) is 14.4 Å². The minimum atomic E-state index is -0.999. The number of hydrogen-bond acceptors (Lipinski definition) is 7. The molecule has 0 saturated carbocycles. The lowest BCUT2D eigenvalue weighted by Crippen LogP contribution is -2.44. The van der Waals surface area contributed by atoms with E-state index in [-0.39, 0.29) is 30.4 Å². The molecule has 0 spiro atoms. The first-order valence-electron chi connectivity index (χ1n) is 12.2. The van der Waals surface area contributed by atoms with E-state index in [0.717, 1.165) is 30.6 Å². The third-order valence-corrected chi connectivity index (χ3v) is 7.09. The van der Waals surface area contributed by atoms with Crippen LogP contribution < -0.4 is 16.2 Å². The number of anilines is 1. The lowest BCUT2D eigenvalue weighted by atomic mass is 10.1. The van der Waals surface area contributed by atoms with Gasteiger partial charge in [-0.2, -0.15) is 0 Å². The van der Waals surface area contributed by atoms with E-state index in [4.69, 9.17) is 0 Å². The fraction of sp³-hybridized carbons (Fsp3) is 0.346. The molecule has 1 aromatic carbocycles. The molecule has 12 heteroatoms. The van der Waals surface area contributed by atoms with Gasteiger partial charge in [-0.1, -0.05) is 6.08 Å². The highest BCUT2D eigenvalue weighted by Gasteiger charge is 2.22. The van der Waals surface area contributed by atoms with Crippen molar-refractivity contribution in [2.45, 2.75) is 38.3 Å². The molecule has 1 aliphatic rings. The number of fused-ring (bicyclic) bond motifs is 1. The molecular weight excluding hydrogens is 513 g/mol. The molecule has 4 rings (SSSR count). The highest BCUT2D eigenvalue weighted by Crippen LogP contribution is 2.23. The first kappa shape index (κ1) is 27.0. The van der Waals surface area contributed by atoms with E-state index in [0.29, 0.717) is 16.9 Å². The number of pyridine rings is 1. The molecule has 1 saturated heterocycles. The van der Waals surface area contributed by atoms with Crippen molar-refractivity contribution in [3.63, 3.8) is 0 Å². The zero-order chi connectivity index (χ0) is 27.1. The van der Waals surface area contributed by atoms with Gasteiger partial charge in [0.15, 0.2) is 0 Å². The molecule has 0 radical (unpaired) electrons. The minimum Gasteiger partial charge on any atom is -0.453 e. The van der Waals surface area contributed by atoms with Crippen LogP contribution in [0, 0.1) is 5.82 Å². The van der Waals surface area contributed by atoms with Gasteiger partial charge < -0.3 is 24.8 Å². The van der Waals surface area contributed by atoms with Crippen LogP contribution in [0.2, 0.25) is 0 Å². The number of alkyl carbamates (subject to hydrolysis) is 1. The van der Waals surface area contributed by atoms with Crippen molar-refractivity contribution in [3.05, 3.63) is 69.9 Å². The molecular formula is C26H28FN5O5S. The Kier molecular flexibility index (Phi) is 8.85. The topological polar surface area (TPSA) is 123 Å². The van der Waals surface area contributed by atoms with Crippen molar-refractivity contribution in [2.24, 2.45) is 0 Å². The number of rotatable bonds is 9. The predicted octanol–water partition coefficient (Wildman–Crippen LogP) is 3.27. The van der Waals surface area contributed by atoms with E-state index in [2.05, 4.69) is 20.4 Å². The molecule has 1 atom stereocenters. The summed E-state index contributed by atoms with van der Waals surface area (Å²) < 4.78 is 20.3. The number of likely N-dealkylation sites (tertiary alicyclic amines) is 1. The maximum Gasteiger partial charge on any atom is 0.407 e. The van der Waals surface area contributed by atoms with Gasteiger partial charge in [0.2, 0.25) is 11.8 Å². The van der Waals surface area contributed by atoms with Crippen LogP contribution >= 0.6 is 11.3 Å². The van der Waals surface area contributed by atoms with Crippen LogP contribution in [0.5, 0.6) is 0 Å². The molecule has 200 valence electrons. The number of amides is 3. The first-order valence-corrected chi connectivity index (χ1v) is 13.0. The number of carbonyl (C=O) groups excluding carboxylic acids is 3. The van der Waals surface area contributed by atoms with Crippen LogP contribution in [0.1, 0.15) is 30.7 Å². The molecule has 3 aromatic rings. The monoisotopic (exact) mass is 541 g/mol. The Morgan fingerprint density at radius 1 is 1.24 bits per heavy atom. The smallest absolute Gasteiger partial charge is 0.407 e. The average molecular weight is 542 g/mol. The second-order valence-electron chi connectivity index (χ2n) is 8.76. The summed E-state index contributed by atoms with van der Waals surface area (Å²) in [7, 11) is 1.19. The summed E-state index contributed by atoms with van der Waals surface area (Å²) in [5, 5.41) is 5.67. The van der Waals surface area contributed by atoms with Gasteiger partial charge >= 0.3 is 6.09 Å². The molecule has 1 fully saturated rings. The van der Waals surface area contributed by atoms with Crippen molar-refractivity contribution in [1.82, 2.24) is 19.8 Å². The molecule has 10 nitrogen and oxygen atoms in total. The molecule has 1 aliphatic heterocycles. The number of benzene rings is 1. The molecule has 38 heavy (non-hydrogen) atoms. The van der Waals surface area contributed by atoms with Gasteiger partial charge in [-0.25, -0.2) is 14.2 Å². The summed E-state index contributed by atoms with van der Waals surface area (Å²) in [5.41, 5.74) is 0.0793. The van der Waals surface area contributed by atoms with E-state index >= 15 is 0 Å². The van der Waals surface area contributed by atoms with Gasteiger partial charge in [0.05, 0.1) is 23.9 Å². The van der Waals surface area contributed by atoms with Crippen LogP contribution in [-0.2, 0) is 20.9 Å². The van der Waals surface area contributed by atoms with Crippen molar-refractivity contribution < 1.29 is 23.5 Å². The van der Waals surface area contributed by atoms with Gasteiger partial charge in [-0.15, -0.1) is 11.3 Å². The summed E-state index contributed by atoms with van der Waals surface area (Å²) in [6, 6.07) is 6.40. The summed E-state index contributed by atoms with van der Waals surface area (Å²) in [6.07, 6.45) is 6.44. The zero-order valence-corrected chi connectivity index (χ0v) is 21.6. The second-order valence-corrected chi connectivity index (χ2v) is 9.88. The van der Waals surface area contributed by atoms with E-state index in [9.17, 15) is 23.6 Å². The molecule has 1 unspecified atom stereocenters. The van der Waals surface area contributed by atoms with E-state index in [1.165, 1.54) is 47.3 Å². The summed E-state index contributed by atoms with van der Waals surface area (Å²) in [6.45, 7) is 1.62. The fourth-order valence-corrected chi connectivity index (χ4v) is 5.04. The summed E-state index contributed by atoms with van der Waals surface area (Å²) >= 11 is 1.34. The van der Waals surface area contributed by atoms with Crippen LogP contribution in [0.4, 0.5) is 14.9 Å². The van der Waals surface area contributed by atoms with Gasteiger partial charge in [0.25, 0.3) is 5.56 Å². The number of nitrogens with one attached hydrogen (secondary N) is 2. The van der Waals surface area contributed by atoms with E-state index < -0.39 is 23.6 Å². The number of nitrogens with zero attached hydrogens (tertiary/aromatic N) is 3. The quantitative estimate of drug-likeness (QED) is 0.401. The number of allylic oxidation sites excluding steroid dienone is 1. The van der Waals surface area contributed by atoms with Crippen molar-refractivity contribution in [3.8, 4) is 0 Å². The SMILES string of the molecule is COC(=O)NC(CC/C=C/C(=O)N1CCCC1)C(=O)Nc1cccn(Cc2nc3cc(F)ccc3s2)c1=O. The Morgan fingerprint density at radius 2 is 2.03 bits per heavy atom. The van der Waals surface area contributed by atoms with Crippen molar-refractivity contribution in [2.75, 3.05) is 25.5 Å². The molecule has 2 N–H and O–H groups in total. The highest BCUT2D eigenvalue weighted by molar-refractivity contribution is 7.18. The standard InChI is InChI=1S/C26H28FN5O5S/c1-37-26(36)30-18(7-2-3-9-23(33)31-12-4-5-13-31)24(34)29-19-8-6-14-32(25(19)35)16-22-28-20-15-17(27)10-11-21(20)38-22/h3,6,8-11,14-15,18H,2,4-5,7,12-13,16H2,1H3,(H,29,34)(H,30,36)/b9-3+. The molecule has 0 aliphatic carbocycles. The van der Waals surface area contributed by atoms with Crippen LogP contribution in [0.25, 0.3) is 10.2 Å². The third-order valence-electron chi connectivity index (χ3n) is 6.07. The zero-order valence-electron chi connectivity index (χ0n) is 20.8. The van der Waals surface area contributed by atoms with Gasteiger partial charge in [0.1, 0.15) is 22.6 Å². The van der Waals surface area contributed by atoms with Crippen molar-refractivity contribution >= 4 is 45.1 Å². The number of carbonyl (C=O) groups is 3. The number of ether oxygens (including phenoxy) is 1. The van der Waals surface area contributed by atoms with Crippen LogP contribution in [-0.4, -0.2) is 58.6 Å².